The highest BCUT2D eigenvalue weighted by molar-refractivity contribution is 5.74. The minimum atomic E-state index is -0.885. The number of urea groups is 1. The van der Waals surface area contributed by atoms with E-state index in [9.17, 15) is 9.90 Å². The molecular weight excluding hydrogens is 342 g/mol. The molecular formula is C20H33N5O2. The molecule has 0 aliphatic carbocycles. The van der Waals surface area contributed by atoms with Crippen LogP contribution in [0.4, 0.5) is 4.79 Å². The lowest BCUT2D eigenvalue weighted by Crippen LogP contribution is -2.59. The van der Waals surface area contributed by atoms with Crippen LogP contribution in [0.15, 0.2) is 24.5 Å². The predicted octanol–water partition coefficient (Wildman–Crippen LogP) is 1.10. The third-order valence-electron chi connectivity index (χ3n) is 6.11. The predicted molar refractivity (Wildman–Crippen MR) is 105 cm³/mol. The number of aromatic nitrogens is 1. The summed E-state index contributed by atoms with van der Waals surface area (Å²) in [7, 11) is 2.15. The van der Waals surface area contributed by atoms with Crippen LogP contribution < -0.4 is 5.32 Å². The van der Waals surface area contributed by atoms with Crippen molar-refractivity contribution in [1.29, 1.82) is 0 Å². The van der Waals surface area contributed by atoms with Gasteiger partial charge in [-0.15, -0.1) is 0 Å². The number of rotatable bonds is 4. The molecule has 0 bridgehead atoms. The quantitative estimate of drug-likeness (QED) is 0.825. The number of aliphatic hydroxyl groups is 1. The molecule has 3 rings (SSSR count). The molecule has 2 saturated heterocycles. The third kappa shape index (κ3) is 4.78. The Balaban J connectivity index is 1.48. The van der Waals surface area contributed by atoms with Gasteiger partial charge in [0.15, 0.2) is 0 Å². The molecule has 2 fully saturated rings. The van der Waals surface area contributed by atoms with Crippen molar-refractivity contribution >= 4 is 6.03 Å². The molecule has 150 valence electrons. The Kier molecular flexibility index (Phi) is 6.03. The lowest BCUT2D eigenvalue weighted by molar-refractivity contribution is -0.0175. The number of likely N-dealkylation sites (tertiary alicyclic amines) is 1. The van der Waals surface area contributed by atoms with Crippen LogP contribution in [0.2, 0.25) is 0 Å². The Hall–Kier alpha value is -1.70. The number of hydrogen-bond acceptors (Lipinski definition) is 5. The minimum absolute atomic E-state index is 0.0366. The van der Waals surface area contributed by atoms with E-state index >= 15 is 0 Å². The van der Waals surface area contributed by atoms with E-state index in [1.807, 2.05) is 17.0 Å². The van der Waals surface area contributed by atoms with Crippen LogP contribution in [0.1, 0.15) is 32.3 Å². The summed E-state index contributed by atoms with van der Waals surface area (Å²) >= 11 is 0. The Morgan fingerprint density at radius 1 is 1.22 bits per heavy atom. The monoisotopic (exact) mass is 375 g/mol. The van der Waals surface area contributed by atoms with Gasteiger partial charge in [0.05, 0.1) is 5.60 Å². The van der Waals surface area contributed by atoms with Crippen molar-refractivity contribution in [2.45, 2.75) is 37.8 Å². The highest BCUT2D eigenvalue weighted by Gasteiger charge is 2.36. The first-order valence-electron chi connectivity index (χ1n) is 9.89. The summed E-state index contributed by atoms with van der Waals surface area (Å²) in [5.74, 6) is 0. The van der Waals surface area contributed by atoms with Crippen molar-refractivity contribution in [2.24, 2.45) is 0 Å². The molecule has 0 aromatic carbocycles. The summed E-state index contributed by atoms with van der Waals surface area (Å²) in [5, 5.41) is 14.0. The number of hydrogen-bond donors (Lipinski definition) is 2. The molecule has 7 heteroatoms. The first-order valence-corrected chi connectivity index (χ1v) is 9.89. The van der Waals surface area contributed by atoms with Gasteiger partial charge in [0.25, 0.3) is 0 Å². The van der Waals surface area contributed by atoms with Gasteiger partial charge in [-0.2, -0.15) is 0 Å². The third-order valence-corrected chi connectivity index (χ3v) is 6.11. The van der Waals surface area contributed by atoms with E-state index < -0.39 is 5.60 Å². The minimum Gasteiger partial charge on any atom is -0.385 e. The van der Waals surface area contributed by atoms with Gasteiger partial charge in [0.1, 0.15) is 0 Å². The van der Waals surface area contributed by atoms with Crippen LogP contribution in [0, 0.1) is 0 Å². The normalized spacial score (nSPS) is 21.9. The van der Waals surface area contributed by atoms with E-state index in [1.165, 1.54) is 0 Å². The fraction of sp³-hybridized carbons (Fsp3) is 0.700. The largest absolute Gasteiger partial charge is 0.385 e. The second kappa shape index (κ2) is 8.12. The van der Waals surface area contributed by atoms with Gasteiger partial charge in [-0.1, -0.05) is 6.07 Å². The van der Waals surface area contributed by atoms with E-state index in [0.717, 1.165) is 31.7 Å². The number of amides is 2. The van der Waals surface area contributed by atoms with Crippen molar-refractivity contribution in [1.82, 2.24) is 25.0 Å². The zero-order valence-electron chi connectivity index (χ0n) is 16.8. The highest BCUT2D eigenvalue weighted by Crippen LogP contribution is 2.32. The fourth-order valence-electron chi connectivity index (χ4n) is 3.93. The Bertz CT molecular complexity index is 621. The van der Waals surface area contributed by atoms with Crippen molar-refractivity contribution in [3.8, 4) is 0 Å². The molecule has 2 aliphatic heterocycles. The molecule has 0 saturated carbocycles. The van der Waals surface area contributed by atoms with Crippen molar-refractivity contribution in [2.75, 3.05) is 52.9 Å². The van der Waals surface area contributed by atoms with Gasteiger partial charge in [-0.05, 0) is 39.8 Å². The average molecular weight is 376 g/mol. The van der Waals surface area contributed by atoms with Gasteiger partial charge in [0.2, 0.25) is 0 Å². The van der Waals surface area contributed by atoms with E-state index in [4.69, 9.17) is 0 Å². The zero-order chi connectivity index (χ0) is 19.5. The van der Waals surface area contributed by atoms with Crippen LogP contribution in [-0.2, 0) is 5.60 Å². The fourth-order valence-corrected chi connectivity index (χ4v) is 3.93. The number of nitrogens with zero attached hydrogens (tertiary/aromatic N) is 4. The van der Waals surface area contributed by atoms with E-state index in [-0.39, 0.29) is 11.6 Å². The summed E-state index contributed by atoms with van der Waals surface area (Å²) in [4.78, 5) is 23.3. The zero-order valence-corrected chi connectivity index (χ0v) is 16.8. The van der Waals surface area contributed by atoms with Gasteiger partial charge in [0, 0.05) is 69.3 Å². The highest BCUT2D eigenvalue weighted by atomic mass is 16.3. The van der Waals surface area contributed by atoms with Gasteiger partial charge in [-0.25, -0.2) is 4.79 Å². The number of pyridine rings is 1. The summed E-state index contributed by atoms with van der Waals surface area (Å²) in [6.45, 7) is 10.3. The van der Waals surface area contributed by atoms with Crippen molar-refractivity contribution in [3.05, 3.63) is 30.1 Å². The molecule has 7 nitrogen and oxygen atoms in total. The molecule has 0 unspecified atom stereocenters. The molecule has 2 aliphatic rings. The SMILES string of the molecule is CN1CCN(C(C)(C)CNC(=O)N2CCC(O)(c3cccnc3)CC2)CC1. The van der Waals surface area contributed by atoms with Crippen molar-refractivity contribution < 1.29 is 9.90 Å². The smallest absolute Gasteiger partial charge is 0.317 e. The number of carbonyl (C=O) groups is 1. The summed E-state index contributed by atoms with van der Waals surface area (Å²) in [6, 6.07) is 3.71. The maximum absolute atomic E-state index is 12.6. The second-order valence-electron chi connectivity index (χ2n) is 8.52. The molecule has 0 radical (unpaired) electrons. The lowest BCUT2D eigenvalue weighted by atomic mass is 9.85. The Morgan fingerprint density at radius 2 is 1.89 bits per heavy atom. The van der Waals surface area contributed by atoms with Gasteiger partial charge < -0.3 is 20.2 Å². The van der Waals surface area contributed by atoms with Gasteiger partial charge in [-0.3, -0.25) is 9.88 Å². The summed E-state index contributed by atoms with van der Waals surface area (Å²) < 4.78 is 0. The maximum atomic E-state index is 12.6. The molecule has 27 heavy (non-hydrogen) atoms. The molecule has 1 aromatic heterocycles. The number of likely N-dealkylation sites (N-methyl/N-ethyl adjacent to an activating group) is 1. The van der Waals surface area contributed by atoms with Crippen molar-refractivity contribution in [3.63, 3.8) is 0 Å². The average Bonchev–Trinajstić information content (AvgIpc) is 2.68. The van der Waals surface area contributed by atoms with E-state index in [2.05, 4.69) is 41.0 Å². The molecule has 1 aromatic rings. The standard InChI is InChI=1S/C20H33N5O2/c1-19(2,25-13-11-23(3)12-14-25)16-22-18(26)24-9-6-20(27,7-10-24)17-5-4-8-21-15-17/h4-5,8,15,27H,6-7,9-14,16H2,1-3H3,(H,22,26). The molecule has 2 amide bonds. The Labute approximate surface area is 162 Å². The molecule has 0 spiro atoms. The second-order valence-corrected chi connectivity index (χ2v) is 8.52. The maximum Gasteiger partial charge on any atom is 0.317 e. The van der Waals surface area contributed by atoms with Crippen LogP contribution in [-0.4, -0.2) is 89.2 Å². The molecule has 3 heterocycles. The van der Waals surface area contributed by atoms with Crippen LogP contribution in [0.25, 0.3) is 0 Å². The topological polar surface area (TPSA) is 71.9 Å². The van der Waals surface area contributed by atoms with Crippen LogP contribution in [0.5, 0.6) is 0 Å². The first-order chi connectivity index (χ1) is 12.8. The number of nitrogens with one attached hydrogen (secondary N) is 1. The van der Waals surface area contributed by atoms with E-state index in [1.54, 1.807) is 12.4 Å². The van der Waals surface area contributed by atoms with Crippen LogP contribution >= 0.6 is 0 Å². The summed E-state index contributed by atoms with van der Waals surface area (Å²) in [5.41, 5.74) is -0.117. The van der Waals surface area contributed by atoms with E-state index in [0.29, 0.717) is 32.5 Å². The first kappa shape index (κ1) is 20.0. The van der Waals surface area contributed by atoms with Gasteiger partial charge >= 0.3 is 6.03 Å². The summed E-state index contributed by atoms with van der Waals surface area (Å²) in [6.07, 6.45) is 4.49. The number of piperazine rings is 1. The lowest BCUT2D eigenvalue weighted by Gasteiger charge is -2.44. The molecule has 0 atom stereocenters. The van der Waals surface area contributed by atoms with Crippen LogP contribution in [0.3, 0.4) is 0 Å². The Morgan fingerprint density at radius 3 is 2.48 bits per heavy atom. The molecule has 2 N–H and O–H groups in total. The number of carbonyl (C=O) groups excluding carboxylic acids is 1. The number of piperidine rings is 1.